The minimum absolute atomic E-state index is 0.719. The Kier molecular flexibility index (Phi) is 4.74. The van der Waals surface area contributed by atoms with Crippen molar-refractivity contribution >= 4 is 23.2 Å². The molecule has 2 nitrogen and oxygen atoms in total. The molecule has 4 heteroatoms. The zero-order chi connectivity index (χ0) is 17.2. The van der Waals surface area contributed by atoms with Crippen LogP contribution in [0.2, 0.25) is 10.0 Å². The molecule has 4 rings (SSSR count). The van der Waals surface area contributed by atoms with Crippen LogP contribution < -0.4 is 0 Å². The zero-order valence-corrected chi connectivity index (χ0v) is 15.3. The van der Waals surface area contributed by atoms with E-state index in [1.54, 1.807) is 0 Å². The van der Waals surface area contributed by atoms with Gasteiger partial charge in [0.1, 0.15) is 0 Å². The summed E-state index contributed by atoms with van der Waals surface area (Å²) in [4.78, 5) is 9.83. The standard InChI is InChI=1S/C21H18Cl2N2/c22-16-10-6-14(7-11-16)20-18-4-2-1-3-5-19(18)24-21(25-20)15-8-12-17(23)13-9-15/h6-13H,1-5H2. The van der Waals surface area contributed by atoms with E-state index in [9.17, 15) is 0 Å². The summed E-state index contributed by atoms with van der Waals surface area (Å²) in [6, 6.07) is 15.7. The first-order valence-electron chi connectivity index (χ1n) is 8.62. The highest BCUT2D eigenvalue weighted by Crippen LogP contribution is 2.32. The van der Waals surface area contributed by atoms with Crippen molar-refractivity contribution in [3.05, 3.63) is 69.8 Å². The molecular formula is C21H18Cl2N2. The second kappa shape index (κ2) is 7.15. The number of benzene rings is 2. The normalized spacial score (nSPS) is 14.0. The minimum atomic E-state index is 0.719. The van der Waals surface area contributed by atoms with Crippen molar-refractivity contribution in [2.45, 2.75) is 32.1 Å². The molecule has 0 amide bonds. The van der Waals surface area contributed by atoms with Crippen LogP contribution in [-0.4, -0.2) is 9.97 Å². The van der Waals surface area contributed by atoms with Gasteiger partial charge in [-0.1, -0.05) is 41.8 Å². The van der Waals surface area contributed by atoms with Crippen molar-refractivity contribution in [3.63, 3.8) is 0 Å². The number of aromatic nitrogens is 2. The highest BCUT2D eigenvalue weighted by Gasteiger charge is 2.18. The summed E-state index contributed by atoms with van der Waals surface area (Å²) in [5, 5.41) is 1.46. The molecule has 0 unspecified atom stereocenters. The molecule has 2 aromatic carbocycles. The monoisotopic (exact) mass is 368 g/mol. The third-order valence-electron chi connectivity index (χ3n) is 4.65. The summed E-state index contributed by atoms with van der Waals surface area (Å²) in [5.74, 6) is 0.766. The van der Waals surface area contributed by atoms with Crippen LogP contribution in [0.1, 0.15) is 30.5 Å². The van der Waals surface area contributed by atoms with E-state index in [-0.39, 0.29) is 0 Å². The van der Waals surface area contributed by atoms with Gasteiger partial charge in [-0.3, -0.25) is 0 Å². The maximum absolute atomic E-state index is 6.07. The number of fused-ring (bicyclic) bond motifs is 1. The van der Waals surface area contributed by atoms with Gasteiger partial charge >= 0.3 is 0 Å². The van der Waals surface area contributed by atoms with Crippen LogP contribution >= 0.6 is 23.2 Å². The van der Waals surface area contributed by atoms with E-state index in [0.29, 0.717) is 0 Å². The van der Waals surface area contributed by atoms with Crippen LogP contribution in [0.5, 0.6) is 0 Å². The highest BCUT2D eigenvalue weighted by atomic mass is 35.5. The molecule has 1 aliphatic carbocycles. The Labute approximate surface area is 157 Å². The van der Waals surface area contributed by atoms with E-state index in [1.165, 1.54) is 30.5 Å². The van der Waals surface area contributed by atoms with Gasteiger partial charge in [-0.15, -0.1) is 0 Å². The van der Waals surface area contributed by atoms with Crippen LogP contribution in [0.4, 0.5) is 0 Å². The third kappa shape index (κ3) is 3.56. The van der Waals surface area contributed by atoms with E-state index < -0.39 is 0 Å². The van der Waals surface area contributed by atoms with Gasteiger partial charge in [-0.25, -0.2) is 9.97 Å². The Morgan fingerprint density at radius 2 is 1.24 bits per heavy atom. The van der Waals surface area contributed by atoms with Gasteiger partial charge in [-0.05, 0) is 62.1 Å². The van der Waals surface area contributed by atoms with Gasteiger partial charge < -0.3 is 0 Å². The molecule has 0 N–H and O–H groups in total. The number of halogens is 2. The first kappa shape index (κ1) is 16.6. The topological polar surface area (TPSA) is 25.8 Å². The maximum Gasteiger partial charge on any atom is 0.160 e. The Bertz CT molecular complexity index is 887. The third-order valence-corrected chi connectivity index (χ3v) is 5.16. The number of nitrogens with zero attached hydrogens (tertiary/aromatic N) is 2. The molecular weight excluding hydrogens is 351 g/mol. The Morgan fingerprint density at radius 1 is 0.640 bits per heavy atom. The lowest BCUT2D eigenvalue weighted by Gasteiger charge is -2.14. The summed E-state index contributed by atoms with van der Waals surface area (Å²) >= 11 is 12.1. The van der Waals surface area contributed by atoms with Gasteiger partial charge in [0, 0.05) is 32.4 Å². The van der Waals surface area contributed by atoms with E-state index in [1.807, 2.05) is 48.5 Å². The summed E-state index contributed by atoms with van der Waals surface area (Å²) in [6.07, 6.45) is 5.67. The quantitative estimate of drug-likeness (QED) is 0.490. The number of aryl methyl sites for hydroxylation is 1. The molecule has 0 bridgehead atoms. The first-order chi connectivity index (χ1) is 12.2. The molecule has 25 heavy (non-hydrogen) atoms. The van der Waals surface area contributed by atoms with Crippen LogP contribution in [0.25, 0.3) is 22.6 Å². The van der Waals surface area contributed by atoms with Crippen LogP contribution in [0.3, 0.4) is 0 Å². The van der Waals surface area contributed by atoms with Crippen molar-refractivity contribution in [3.8, 4) is 22.6 Å². The molecule has 0 atom stereocenters. The fourth-order valence-electron chi connectivity index (χ4n) is 3.35. The van der Waals surface area contributed by atoms with E-state index in [2.05, 4.69) is 0 Å². The molecule has 0 saturated carbocycles. The molecule has 3 aromatic rings. The fourth-order valence-corrected chi connectivity index (χ4v) is 3.60. The molecule has 0 aliphatic heterocycles. The van der Waals surface area contributed by atoms with Gasteiger partial charge in [0.25, 0.3) is 0 Å². The van der Waals surface area contributed by atoms with Crippen LogP contribution in [-0.2, 0) is 12.8 Å². The molecule has 1 aliphatic rings. The second-order valence-electron chi connectivity index (χ2n) is 6.40. The smallest absolute Gasteiger partial charge is 0.160 e. The van der Waals surface area contributed by atoms with Crippen molar-refractivity contribution in [1.29, 1.82) is 0 Å². The lowest BCUT2D eigenvalue weighted by atomic mass is 10.00. The highest BCUT2D eigenvalue weighted by molar-refractivity contribution is 6.30. The summed E-state index contributed by atoms with van der Waals surface area (Å²) in [7, 11) is 0. The zero-order valence-electron chi connectivity index (χ0n) is 13.8. The maximum atomic E-state index is 6.07. The predicted octanol–water partition coefficient (Wildman–Crippen LogP) is 6.39. The number of hydrogen-bond acceptors (Lipinski definition) is 2. The number of rotatable bonds is 2. The van der Waals surface area contributed by atoms with Gasteiger partial charge in [0.05, 0.1) is 5.69 Å². The van der Waals surface area contributed by atoms with Crippen molar-refractivity contribution < 1.29 is 0 Å². The molecule has 0 fully saturated rings. The molecule has 0 radical (unpaired) electrons. The van der Waals surface area contributed by atoms with Gasteiger partial charge in [-0.2, -0.15) is 0 Å². The van der Waals surface area contributed by atoms with Crippen molar-refractivity contribution in [1.82, 2.24) is 9.97 Å². The Morgan fingerprint density at radius 3 is 1.92 bits per heavy atom. The van der Waals surface area contributed by atoms with E-state index >= 15 is 0 Å². The van der Waals surface area contributed by atoms with E-state index in [4.69, 9.17) is 33.2 Å². The average molecular weight is 369 g/mol. The van der Waals surface area contributed by atoms with Gasteiger partial charge in [0.2, 0.25) is 0 Å². The lowest BCUT2D eigenvalue weighted by molar-refractivity contribution is 0.709. The van der Waals surface area contributed by atoms with Crippen molar-refractivity contribution in [2.75, 3.05) is 0 Å². The number of hydrogen-bond donors (Lipinski definition) is 0. The average Bonchev–Trinajstić information content (AvgIpc) is 2.88. The van der Waals surface area contributed by atoms with Crippen LogP contribution in [0.15, 0.2) is 48.5 Å². The van der Waals surface area contributed by atoms with Crippen LogP contribution in [0, 0.1) is 0 Å². The Hall–Kier alpha value is -1.90. The molecule has 0 saturated heterocycles. The SMILES string of the molecule is Clc1ccc(-c2nc3c(c(-c4ccc(Cl)cc4)n2)CCCCC3)cc1. The van der Waals surface area contributed by atoms with Gasteiger partial charge in [0.15, 0.2) is 5.82 Å². The first-order valence-corrected chi connectivity index (χ1v) is 9.38. The summed E-state index contributed by atoms with van der Waals surface area (Å²) in [6.45, 7) is 0. The molecule has 1 heterocycles. The summed E-state index contributed by atoms with van der Waals surface area (Å²) < 4.78 is 0. The molecule has 1 aromatic heterocycles. The lowest BCUT2D eigenvalue weighted by Crippen LogP contribution is -2.04. The predicted molar refractivity (Wildman–Crippen MR) is 104 cm³/mol. The largest absolute Gasteiger partial charge is 0.233 e. The molecule has 126 valence electrons. The van der Waals surface area contributed by atoms with E-state index in [0.717, 1.165) is 45.5 Å². The fraction of sp³-hybridized carbons (Fsp3) is 0.238. The second-order valence-corrected chi connectivity index (χ2v) is 7.27. The molecule has 0 spiro atoms. The van der Waals surface area contributed by atoms with Crippen molar-refractivity contribution in [2.24, 2.45) is 0 Å². The minimum Gasteiger partial charge on any atom is -0.233 e. The Balaban J connectivity index is 1.89. The summed E-state index contributed by atoms with van der Waals surface area (Å²) in [5.41, 5.74) is 5.60.